The zero-order valence-electron chi connectivity index (χ0n) is 15.9. The molecule has 3 rings (SSSR count). The van der Waals surface area contributed by atoms with Crippen LogP contribution >= 0.6 is 0 Å². The summed E-state index contributed by atoms with van der Waals surface area (Å²) in [5.41, 5.74) is 0.945. The monoisotopic (exact) mass is 413 g/mol. The minimum absolute atomic E-state index is 0.283. The predicted octanol–water partition coefficient (Wildman–Crippen LogP) is 5.56. The van der Waals surface area contributed by atoms with Crippen molar-refractivity contribution >= 4 is 17.6 Å². The van der Waals surface area contributed by atoms with Crippen molar-refractivity contribution in [1.82, 2.24) is 0 Å². The summed E-state index contributed by atoms with van der Waals surface area (Å²) in [6, 6.07) is 20.4. The molecule has 0 fully saturated rings. The summed E-state index contributed by atoms with van der Waals surface area (Å²) < 4.78 is 43.5. The minimum Gasteiger partial charge on any atom is -0.449 e. The Morgan fingerprint density at radius 2 is 1.57 bits per heavy atom. The van der Waals surface area contributed by atoms with Crippen molar-refractivity contribution in [3.05, 3.63) is 90.0 Å². The number of benzene rings is 3. The number of rotatable bonds is 5. The van der Waals surface area contributed by atoms with Crippen molar-refractivity contribution in [2.75, 3.05) is 5.32 Å². The van der Waals surface area contributed by atoms with Gasteiger partial charge in [0, 0.05) is 11.3 Å². The normalized spacial score (nSPS) is 12.1. The fourth-order valence-electron chi connectivity index (χ4n) is 2.80. The second kappa shape index (κ2) is 8.82. The first-order valence-electron chi connectivity index (χ1n) is 9.09. The minimum atomic E-state index is -4.58. The summed E-state index contributed by atoms with van der Waals surface area (Å²) >= 11 is 0. The number of ether oxygens (including phenoxy) is 1. The Bertz CT molecular complexity index is 1050. The van der Waals surface area contributed by atoms with Gasteiger partial charge in [0.05, 0.1) is 11.1 Å². The number of nitrogens with one attached hydrogen (secondary N) is 1. The number of amides is 1. The molecule has 0 heterocycles. The molecule has 0 radical (unpaired) electrons. The standard InChI is InChI=1S/C23H18F3NO3/c1-15(30-22(29)17-10-7-11-18(14-17)23(24,25)26)21(28)27-20-13-6-5-12-19(20)16-8-3-2-4-9-16/h2-15H,1H3,(H,27,28)/t15-/m0/s1. The number of esters is 1. The average molecular weight is 413 g/mol. The van der Waals surface area contributed by atoms with Crippen LogP contribution in [0.5, 0.6) is 0 Å². The van der Waals surface area contributed by atoms with Gasteiger partial charge in [-0.05, 0) is 36.8 Å². The van der Waals surface area contributed by atoms with Crippen molar-refractivity contribution in [3.63, 3.8) is 0 Å². The third kappa shape index (κ3) is 5.05. The third-order valence-corrected chi connectivity index (χ3v) is 4.35. The maximum absolute atomic E-state index is 12.8. The van der Waals surface area contributed by atoms with Gasteiger partial charge in [0.1, 0.15) is 0 Å². The fraction of sp³-hybridized carbons (Fsp3) is 0.130. The molecule has 0 bridgehead atoms. The van der Waals surface area contributed by atoms with E-state index in [2.05, 4.69) is 5.32 Å². The van der Waals surface area contributed by atoms with Crippen LogP contribution in [0.1, 0.15) is 22.8 Å². The van der Waals surface area contributed by atoms with E-state index in [1.54, 1.807) is 12.1 Å². The Morgan fingerprint density at radius 1 is 0.900 bits per heavy atom. The van der Waals surface area contributed by atoms with Gasteiger partial charge in [-0.25, -0.2) is 4.79 Å². The number of halogens is 3. The Hall–Kier alpha value is -3.61. The van der Waals surface area contributed by atoms with Crippen LogP contribution in [-0.4, -0.2) is 18.0 Å². The van der Waals surface area contributed by atoms with Crippen LogP contribution in [-0.2, 0) is 15.7 Å². The summed E-state index contributed by atoms with van der Waals surface area (Å²) in [5.74, 6) is -1.61. The summed E-state index contributed by atoms with van der Waals surface area (Å²) in [6.07, 6.45) is -5.80. The maximum Gasteiger partial charge on any atom is 0.416 e. The topological polar surface area (TPSA) is 55.4 Å². The molecule has 1 amide bonds. The highest BCUT2D eigenvalue weighted by molar-refractivity contribution is 6.00. The van der Waals surface area contributed by atoms with Gasteiger partial charge in [-0.1, -0.05) is 54.6 Å². The Labute approximate surface area is 171 Å². The summed E-state index contributed by atoms with van der Waals surface area (Å²) in [4.78, 5) is 24.7. The van der Waals surface area contributed by atoms with Gasteiger partial charge in [-0.2, -0.15) is 13.2 Å². The SMILES string of the molecule is C[C@H](OC(=O)c1cccc(C(F)(F)F)c1)C(=O)Nc1ccccc1-c1ccccc1. The summed E-state index contributed by atoms with van der Waals surface area (Å²) in [7, 11) is 0. The summed E-state index contributed by atoms with van der Waals surface area (Å²) in [6.45, 7) is 1.35. The molecule has 1 N–H and O–H groups in total. The number of anilines is 1. The fourth-order valence-corrected chi connectivity index (χ4v) is 2.80. The molecule has 3 aromatic carbocycles. The van der Waals surface area contributed by atoms with Crippen LogP contribution in [0.3, 0.4) is 0 Å². The van der Waals surface area contributed by atoms with E-state index in [1.807, 2.05) is 42.5 Å². The van der Waals surface area contributed by atoms with Crippen molar-refractivity contribution in [1.29, 1.82) is 0 Å². The average Bonchev–Trinajstić information content (AvgIpc) is 2.74. The Morgan fingerprint density at radius 3 is 2.27 bits per heavy atom. The van der Waals surface area contributed by atoms with Crippen molar-refractivity contribution < 1.29 is 27.5 Å². The lowest BCUT2D eigenvalue weighted by Gasteiger charge is -2.16. The molecule has 30 heavy (non-hydrogen) atoms. The van der Waals surface area contributed by atoms with Crippen LogP contribution in [0.2, 0.25) is 0 Å². The molecule has 0 aromatic heterocycles. The highest BCUT2D eigenvalue weighted by Crippen LogP contribution is 2.30. The van der Waals surface area contributed by atoms with E-state index >= 15 is 0 Å². The predicted molar refractivity (Wildman–Crippen MR) is 107 cm³/mol. The van der Waals surface area contributed by atoms with Crippen molar-refractivity contribution in [2.45, 2.75) is 19.2 Å². The van der Waals surface area contributed by atoms with Gasteiger partial charge in [-0.15, -0.1) is 0 Å². The molecule has 0 aliphatic carbocycles. The molecular formula is C23H18F3NO3. The molecule has 0 unspecified atom stereocenters. The van der Waals surface area contributed by atoms with E-state index in [9.17, 15) is 22.8 Å². The number of hydrogen-bond donors (Lipinski definition) is 1. The van der Waals surface area contributed by atoms with Crippen LogP contribution in [0.15, 0.2) is 78.9 Å². The second-order valence-corrected chi connectivity index (χ2v) is 6.53. The first-order chi connectivity index (χ1) is 14.3. The lowest BCUT2D eigenvalue weighted by atomic mass is 10.0. The number of carbonyl (C=O) groups excluding carboxylic acids is 2. The number of carbonyl (C=O) groups is 2. The Kier molecular flexibility index (Phi) is 6.20. The van der Waals surface area contributed by atoms with Gasteiger partial charge in [0.15, 0.2) is 6.10 Å². The second-order valence-electron chi connectivity index (χ2n) is 6.53. The molecule has 0 saturated carbocycles. The van der Waals surface area contributed by atoms with Crippen LogP contribution in [0.25, 0.3) is 11.1 Å². The van der Waals surface area contributed by atoms with E-state index in [0.717, 1.165) is 23.3 Å². The maximum atomic E-state index is 12.8. The quantitative estimate of drug-likeness (QED) is 0.558. The number of para-hydroxylation sites is 1. The van der Waals surface area contributed by atoms with E-state index in [4.69, 9.17) is 4.74 Å². The van der Waals surface area contributed by atoms with Crippen molar-refractivity contribution in [3.8, 4) is 11.1 Å². The van der Waals surface area contributed by atoms with Gasteiger partial charge >= 0.3 is 12.1 Å². The zero-order valence-corrected chi connectivity index (χ0v) is 15.9. The molecule has 4 nitrogen and oxygen atoms in total. The first-order valence-corrected chi connectivity index (χ1v) is 9.09. The van der Waals surface area contributed by atoms with Crippen LogP contribution in [0.4, 0.5) is 18.9 Å². The molecule has 0 saturated heterocycles. The van der Waals surface area contributed by atoms with E-state index in [-0.39, 0.29) is 5.56 Å². The zero-order chi connectivity index (χ0) is 21.7. The molecular weight excluding hydrogens is 395 g/mol. The lowest BCUT2D eigenvalue weighted by molar-refractivity contribution is -0.137. The van der Waals surface area contributed by atoms with Gasteiger partial charge in [-0.3, -0.25) is 4.79 Å². The van der Waals surface area contributed by atoms with Gasteiger partial charge < -0.3 is 10.1 Å². The molecule has 154 valence electrons. The molecule has 7 heteroatoms. The van der Waals surface area contributed by atoms with E-state index in [0.29, 0.717) is 11.8 Å². The molecule has 3 aromatic rings. The molecule has 0 aliphatic heterocycles. The highest BCUT2D eigenvalue weighted by atomic mass is 19.4. The number of alkyl halides is 3. The molecule has 0 spiro atoms. The molecule has 0 aliphatic rings. The lowest BCUT2D eigenvalue weighted by Crippen LogP contribution is -2.30. The number of hydrogen-bond acceptors (Lipinski definition) is 3. The van der Waals surface area contributed by atoms with Gasteiger partial charge in [0.25, 0.3) is 5.91 Å². The summed E-state index contributed by atoms with van der Waals surface area (Å²) in [5, 5.41) is 2.71. The van der Waals surface area contributed by atoms with Crippen LogP contribution < -0.4 is 5.32 Å². The largest absolute Gasteiger partial charge is 0.449 e. The smallest absolute Gasteiger partial charge is 0.416 e. The van der Waals surface area contributed by atoms with E-state index in [1.165, 1.54) is 13.0 Å². The first kappa shape index (κ1) is 21.1. The third-order valence-electron chi connectivity index (χ3n) is 4.35. The molecule has 1 atom stereocenters. The van der Waals surface area contributed by atoms with E-state index < -0.39 is 29.7 Å². The van der Waals surface area contributed by atoms with Crippen molar-refractivity contribution in [2.24, 2.45) is 0 Å². The highest BCUT2D eigenvalue weighted by Gasteiger charge is 2.31. The van der Waals surface area contributed by atoms with Crippen LogP contribution in [0, 0.1) is 0 Å². The van der Waals surface area contributed by atoms with Gasteiger partial charge in [0.2, 0.25) is 0 Å². The Balaban J connectivity index is 1.71.